The highest BCUT2D eigenvalue weighted by atomic mass is 32.2. The van der Waals surface area contributed by atoms with Crippen LogP contribution in [0.4, 0.5) is 0 Å². The Morgan fingerprint density at radius 2 is 1.93 bits per heavy atom. The summed E-state index contributed by atoms with van der Waals surface area (Å²) < 4.78 is 25.6. The summed E-state index contributed by atoms with van der Waals surface area (Å²) in [4.78, 5) is 0. The summed E-state index contributed by atoms with van der Waals surface area (Å²) in [5.41, 5.74) is 0. The van der Waals surface area contributed by atoms with Crippen LogP contribution in [0.2, 0.25) is 0 Å². The highest BCUT2D eigenvalue weighted by Gasteiger charge is 2.17. The van der Waals surface area contributed by atoms with E-state index in [1.807, 2.05) is 20.8 Å². The van der Waals surface area contributed by atoms with E-state index in [0.717, 1.165) is 6.42 Å². The van der Waals surface area contributed by atoms with E-state index < -0.39 is 10.0 Å². The van der Waals surface area contributed by atoms with Gasteiger partial charge in [0, 0.05) is 6.04 Å². The summed E-state index contributed by atoms with van der Waals surface area (Å²) in [6.07, 6.45) is 2.19. The molecule has 0 bridgehead atoms. The van der Waals surface area contributed by atoms with Crippen molar-refractivity contribution in [3.05, 3.63) is 0 Å². The van der Waals surface area contributed by atoms with Gasteiger partial charge in [-0.25, -0.2) is 13.1 Å². The van der Waals surface area contributed by atoms with E-state index in [2.05, 4.69) is 4.72 Å². The zero-order chi connectivity index (χ0) is 11.9. The Kier molecular flexibility index (Phi) is 7.13. The van der Waals surface area contributed by atoms with E-state index in [1.54, 1.807) is 0 Å². The smallest absolute Gasteiger partial charge is 0.211 e. The second kappa shape index (κ2) is 7.19. The van der Waals surface area contributed by atoms with E-state index in [4.69, 9.17) is 5.11 Å². The van der Waals surface area contributed by atoms with Crippen molar-refractivity contribution in [1.29, 1.82) is 0 Å². The number of unbranched alkanes of at least 4 members (excludes halogenated alkanes) is 1. The largest absolute Gasteiger partial charge is 0.395 e. The van der Waals surface area contributed by atoms with Crippen molar-refractivity contribution in [3.8, 4) is 0 Å². The minimum atomic E-state index is -3.21. The van der Waals surface area contributed by atoms with Gasteiger partial charge in [-0.1, -0.05) is 27.2 Å². The van der Waals surface area contributed by atoms with Crippen molar-refractivity contribution in [2.45, 2.75) is 46.1 Å². The van der Waals surface area contributed by atoms with Gasteiger partial charge >= 0.3 is 0 Å². The number of hydrogen-bond donors (Lipinski definition) is 2. The molecule has 0 aliphatic heterocycles. The summed E-state index contributed by atoms with van der Waals surface area (Å²) in [6.45, 7) is 5.82. The van der Waals surface area contributed by atoms with Gasteiger partial charge in [0.25, 0.3) is 0 Å². The van der Waals surface area contributed by atoms with Gasteiger partial charge in [-0.05, 0) is 18.8 Å². The van der Waals surface area contributed by atoms with E-state index >= 15 is 0 Å². The predicted octanol–water partition coefficient (Wildman–Crippen LogP) is 1.11. The van der Waals surface area contributed by atoms with Gasteiger partial charge in [-0.2, -0.15) is 0 Å². The van der Waals surface area contributed by atoms with Gasteiger partial charge in [-0.15, -0.1) is 0 Å². The summed E-state index contributed by atoms with van der Waals surface area (Å²) in [6, 6.07) is -0.341. The second-order valence-corrected chi connectivity index (χ2v) is 6.17. The minimum Gasteiger partial charge on any atom is -0.395 e. The molecule has 4 nitrogen and oxygen atoms in total. The maximum atomic E-state index is 11.5. The Bertz CT molecular complexity index is 249. The van der Waals surface area contributed by atoms with Gasteiger partial charge in [0.05, 0.1) is 12.4 Å². The molecular formula is C10H23NO3S. The monoisotopic (exact) mass is 237 g/mol. The quantitative estimate of drug-likeness (QED) is 0.664. The van der Waals surface area contributed by atoms with Crippen LogP contribution in [-0.2, 0) is 10.0 Å². The molecule has 0 heterocycles. The van der Waals surface area contributed by atoms with Gasteiger partial charge in [-0.3, -0.25) is 0 Å². The summed E-state index contributed by atoms with van der Waals surface area (Å²) >= 11 is 0. The topological polar surface area (TPSA) is 66.4 Å². The van der Waals surface area contributed by atoms with Crippen LogP contribution in [0.3, 0.4) is 0 Å². The summed E-state index contributed by atoms with van der Waals surface area (Å²) in [5.74, 6) is 0.522. The molecule has 1 unspecified atom stereocenters. The number of aliphatic hydroxyl groups excluding tert-OH is 1. The molecule has 2 N–H and O–H groups in total. The average Bonchev–Trinajstić information content (AvgIpc) is 2.12. The van der Waals surface area contributed by atoms with Crippen molar-refractivity contribution in [3.63, 3.8) is 0 Å². The van der Waals surface area contributed by atoms with E-state index in [1.165, 1.54) is 0 Å². The third kappa shape index (κ3) is 7.76. The third-order valence-electron chi connectivity index (χ3n) is 2.09. The lowest BCUT2D eigenvalue weighted by atomic mass is 10.1. The van der Waals surface area contributed by atoms with Gasteiger partial charge in [0.1, 0.15) is 0 Å². The maximum Gasteiger partial charge on any atom is 0.211 e. The molecule has 0 aromatic heterocycles. The summed E-state index contributed by atoms with van der Waals surface area (Å²) in [5, 5.41) is 9.04. The molecule has 0 aromatic rings. The Morgan fingerprint density at radius 1 is 1.33 bits per heavy atom. The normalized spacial score (nSPS) is 14.5. The number of rotatable bonds is 8. The first-order valence-corrected chi connectivity index (χ1v) is 7.17. The molecule has 0 aromatic carbocycles. The number of nitrogens with one attached hydrogen (secondary N) is 1. The van der Waals surface area contributed by atoms with Crippen LogP contribution in [0.15, 0.2) is 0 Å². The van der Waals surface area contributed by atoms with Crippen LogP contribution < -0.4 is 4.72 Å². The number of hydrogen-bond acceptors (Lipinski definition) is 3. The SMILES string of the molecule is CCCCS(=O)(=O)NC(CO)CC(C)C. The van der Waals surface area contributed by atoms with Crippen LogP contribution in [0.25, 0.3) is 0 Å². The van der Waals surface area contributed by atoms with Crippen LogP contribution in [0.5, 0.6) is 0 Å². The molecule has 0 saturated heterocycles. The minimum absolute atomic E-state index is 0.135. The first kappa shape index (κ1) is 14.9. The van der Waals surface area contributed by atoms with Crippen molar-refractivity contribution < 1.29 is 13.5 Å². The number of sulfonamides is 1. The third-order valence-corrected chi connectivity index (χ3v) is 3.61. The zero-order valence-corrected chi connectivity index (χ0v) is 10.7. The molecule has 0 rings (SSSR count). The molecule has 0 saturated carbocycles. The first-order chi connectivity index (χ1) is 6.91. The molecule has 0 aliphatic rings. The average molecular weight is 237 g/mol. The fourth-order valence-electron chi connectivity index (χ4n) is 1.38. The highest BCUT2D eigenvalue weighted by Crippen LogP contribution is 2.06. The fourth-order valence-corrected chi connectivity index (χ4v) is 2.84. The molecule has 0 spiro atoms. The summed E-state index contributed by atoms with van der Waals surface area (Å²) in [7, 11) is -3.21. The predicted molar refractivity (Wildman–Crippen MR) is 62.2 cm³/mol. The molecular weight excluding hydrogens is 214 g/mol. The number of aliphatic hydroxyl groups is 1. The standard InChI is InChI=1S/C10H23NO3S/c1-4-5-6-15(13,14)11-10(8-12)7-9(2)3/h9-12H,4-8H2,1-3H3. The van der Waals surface area contributed by atoms with Crippen molar-refractivity contribution in [2.75, 3.05) is 12.4 Å². The fraction of sp³-hybridized carbons (Fsp3) is 1.00. The molecule has 0 fully saturated rings. The zero-order valence-electron chi connectivity index (χ0n) is 9.86. The molecule has 1 atom stereocenters. The van der Waals surface area contributed by atoms with Crippen LogP contribution >= 0.6 is 0 Å². The molecule has 15 heavy (non-hydrogen) atoms. The molecule has 0 amide bonds. The lowest BCUT2D eigenvalue weighted by Crippen LogP contribution is -2.39. The Hall–Kier alpha value is -0.130. The van der Waals surface area contributed by atoms with E-state index in [-0.39, 0.29) is 18.4 Å². The van der Waals surface area contributed by atoms with Gasteiger partial charge in [0.2, 0.25) is 10.0 Å². The second-order valence-electron chi connectivity index (χ2n) is 4.30. The van der Waals surface area contributed by atoms with E-state index in [0.29, 0.717) is 18.8 Å². The van der Waals surface area contributed by atoms with Crippen LogP contribution in [0, 0.1) is 5.92 Å². The molecule has 92 valence electrons. The van der Waals surface area contributed by atoms with E-state index in [9.17, 15) is 8.42 Å². The highest BCUT2D eigenvalue weighted by molar-refractivity contribution is 7.89. The molecule has 0 radical (unpaired) electrons. The molecule has 0 aliphatic carbocycles. The lowest BCUT2D eigenvalue weighted by Gasteiger charge is -2.18. The Balaban J connectivity index is 4.15. The van der Waals surface area contributed by atoms with Crippen molar-refractivity contribution >= 4 is 10.0 Å². The lowest BCUT2D eigenvalue weighted by molar-refractivity contribution is 0.240. The molecule has 5 heteroatoms. The van der Waals surface area contributed by atoms with Crippen LogP contribution in [0.1, 0.15) is 40.0 Å². The maximum absolute atomic E-state index is 11.5. The van der Waals surface area contributed by atoms with Gasteiger partial charge in [0.15, 0.2) is 0 Å². The Morgan fingerprint density at radius 3 is 2.33 bits per heavy atom. The van der Waals surface area contributed by atoms with Crippen LogP contribution in [-0.4, -0.2) is 31.9 Å². The first-order valence-electron chi connectivity index (χ1n) is 5.52. The van der Waals surface area contributed by atoms with Crippen molar-refractivity contribution in [2.24, 2.45) is 5.92 Å². The Labute approximate surface area is 93.1 Å². The van der Waals surface area contributed by atoms with Crippen molar-refractivity contribution in [1.82, 2.24) is 4.72 Å². The van der Waals surface area contributed by atoms with Gasteiger partial charge < -0.3 is 5.11 Å².